The van der Waals surface area contributed by atoms with Crippen molar-refractivity contribution in [2.24, 2.45) is 13.0 Å². The maximum absolute atomic E-state index is 13.4. The van der Waals surface area contributed by atoms with Gasteiger partial charge in [0.1, 0.15) is 4.83 Å². The minimum atomic E-state index is -0.284. The smallest absolute Gasteiger partial charge is 0.309 e. The molecule has 10 heteroatoms. The number of hydrogen-bond donors (Lipinski definition) is 0. The first-order valence-corrected chi connectivity index (χ1v) is 13.7. The Morgan fingerprint density at radius 2 is 1.97 bits per heavy atom. The molecular weight excluding hydrogens is 508 g/mol. The van der Waals surface area contributed by atoms with Gasteiger partial charge in [-0.1, -0.05) is 37.7 Å². The fourth-order valence-electron chi connectivity index (χ4n) is 4.01. The number of aryl methyl sites for hydroxylation is 1. The quantitative estimate of drug-likeness (QED) is 0.270. The highest BCUT2D eigenvalue weighted by Gasteiger charge is 2.24. The molecular formula is C24H23ClN4O2S3. The molecule has 5 aromatic rings. The minimum absolute atomic E-state index is 0.257. The van der Waals surface area contributed by atoms with Gasteiger partial charge in [0.25, 0.3) is 5.56 Å². The van der Waals surface area contributed by atoms with Gasteiger partial charge in [-0.05, 0) is 53.6 Å². The highest BCUT2D eigenvalue weighted by molar-refractivity contribution is 8.01. The SMILES string of the molecule is Cc1ccc2nc(Cl)n(Cc3sc4c(c3Sc3cccs3)c(=O)n(C)c(=O)n4CC(C)C)c2c1. The van der Waals surface area contributed by atoms with E-state index in [0.717, 1.165) is 30.6 Å². The number of hydrogen-bond acceptors (Lipinski definition) is 6. The second-order valence-electron chi connectivity index (χ2n) is 8.68. The third-order valence-corrected chi connectivity index (χ3v) is 9.41. The first kappa shape index (κ1) is 23.4. The molecule has 0 saturated carbocycles. The molecule has 0 fully saturated rings. The summed E-state index contributed by atoms with van der Waals surface area (Å²) in [5.74, 6) is 0.257. The van der Waals surface area contributed by atoms with Crippen molar-refractivity contribution in [3.05, 3.63) is 72.3 Å². The van der Waals surface area contributed by atoms with Crippen LogP contribution in [-0.2, 0) is 20.1 Å². The van der Waals surface area contributed by atoms with Crippen molar-refractivity contribution < 1.29 is 0 Å². The van der Waals surface area contributed by atoms with Gasteiger partial charge in [0, 0.05) is 23.4 Å². The zero-order valence-electron chi connectivity index (χ0n) is 19.2. The number of imidazole rings is 1. The lowest BCUT2D eigenvalue weighted by Crippen LogP contribution is -2.38. The average molecular weight is 531 g/mol. The normalized spacial score (nSPS) is 11.9. The van der Waals surface area contributed by atoms with Crippen molar-refractivity contribution in [3.63, 3.8) is 0 Å². The van der Waals surface area contributed by atoms with E-state index in [1.54, 1.807) is 34.7 Å². The van der Waals surface area contributed by atoms with E-state index < -0.39 is 0 Å². The highest BCUT2D eigenvalue weighted by Crippen LogP contribution is 2.42. The molecule has 5 rings (SSSR count). The molecule has 0 saturated heterocycles. The van der Waals surface area contributed by atoms with Crippen LogP contribution in [0.1, 0.15) is 24.3 Å². The first-order valence-electron chi connectivity index (χ1n) is 10.8. The zero-order chi connectivity index (χ0) is 24.1. The van der Waals surface area contributed by atoms with Gasteiger partial charge in [0.2, 0.25) is 5.28 Å². The third kappa shape index (κ3) is 4.04. The average Bonchev–Trinajstić information content (AvgIpc) is 3.50. The van der Waals surface area contributed by atoms with E-state index in [1.165, 1.54) is 15.9 Å². The lowest BCUT2D eigenvalue weighted by atomic mass is 10.2. The first-order chi connectivity index (χ1) is 16.2. The molecule has 6 nitrogen and oxygen atoms in total. The van der Waals surface area contributed by atoms with Gasteiger partial charge < -0.3 is 4.57 Å². The van der Waals surface area contributed by atoms with Gasteiger partial charge in [0.15, 0.2) is 0 Å². The van der Waals surface area contributed by atoms with Crippen LogP contribution in [0.4, 0.5) is 0 Å². The molecule has 0 spiro atoms. The number of thiophene rings is 2. The zero-order valence-corrected chi connectivity index (χ0v) is 22.4. The van der Waals surface area contributed by atoms with E-state index in [9.17, 15) is 9.59 Å². The van der Waals surface area contributed by atoms with Crippen LogP contribution in [0.3, 0.4) is 0 Å². The molecule has 0 radical (unpaired) electrons. The Morgan fingerprint density at radius 3 is 2.68 bits per heavy atom. The molecule has 0 unspecified atom stereocenters. The van der Waals surface area contributed by atoms with Crippen molar-refractivity contribution in [2.75, 3.05) is 0 Å². The molecule has 0 amide bonds. The van der Waals surface area contributed by atoms with Crippen LogP contribution in [0.2, 0.25) is 5.28 Å². The van der Waals surface area contributed by atoms with Crippen LogP contribution >= 0.6 is 46.0 Å². The van der Waals surface area contributed by atoms with Crippen molar-refractivity contribution in [2.45, 2.75) is 43.0 Å². The van der Waals surface area contributed by atoms with Gasteiger partial charge in [-0.25, -0.2) is 9.78 Å². The summed E-state index contributed by atoms with van der Waals surface area (Å²) < 4.78 is 6.03. The van der Waals surface area contributed by atoms with Crippen molar-refractivity contribution in [3.8, 4) is 0 Å². The van der Waals surface area contributed by atoms with Crippen LogP contribution < -0.4 is 11.2 Å². The number of nitrogens with zero attached hydrogens (tertiary/aromatic N) is 4. The van der Waals surface area contributed by atoms with Crippen molar-refractivity contribution in [1.29, 1.82) is 0 Å². The molecule has 34 heavy (non-hydrogen) atoms. The van der Waals surface area contributed by atoms with Crippen molar-refractivity contribution >= 4 is 67.3 Å². The predicted molar refractivity (Wildman–Crippen MR) is 143 cm³/mol. The highest BCUT2D eigenvalue weighted by atomic mass is 35.5. The van der Waals surface area contributed by atoms with E-state index in [-0.39, 0.29) is 17.2 Å². The fraction of sp³-hybridized carbons (Fsp3) is 0.292. The van der Waals surface area contributed by atoms with Crippen LogP contribution in [0.5, 0.6) is 0 Å². The lowest BCUT2D eigenvalue weighted by Gasteiger charge is -2.11. The second kappa shape index (κ2) is 9.03. The molecule has 0 aliphatic rings. The van der Waals surface area contributed by atoms with Crippen LogP contribution in [0, 0.1) is 12.8 Å². The molecule has 4 heterocycles. The lowest BCUT2D eigenvalue weighted by molar-refractivity contribution is 0.504. The number of rotatable bonds is 6. The van der Waals surface area contributed by atoms with Gasteiger partial charge in [-0.2, -0.15) is 0 Å². The Morgan fingerprint density at radius 1 is 1.18 bits per heavy atom. The maximum atomic E-state index is 13.4. The predicted octanol–water partition coefficient (Wildman–Crippen LogP) is 5.99. The van der Waals surface area contributed by atoms with Gasteiger partial charge in [-0.15, -0.1) is 22.7 Å². The second-order valence-corrected chi connectivity index (χ2v) is 12.4. The molecule has 4 aromatic heterocycles. The van der Waals surface area contributed by atoms with Crippen LogP contribution in [0.15, 0.2) is 54.4 Å². The summed E-state index contributed by atoms with van der Waals surface area (Å²) in [4.78, 5) is 33.5. The van der Waals surface area contributed by atoms with E-state index in [0.29, 0.717) is 28.6 Å². The number of aromatic nitrogens is 4. The number of halogens is 1. The van der Waals surface area contributed by atoms with E-state index >= 15 is 0 Å². The standard InChI is InChI=1S/C24H23ClN4O2S3/c1-13(2)11-29-22-19(21(30)27(4)24(29)31)20(34-18-6-5-9-32-18)17(33-22)12-28-16-10-14(3)7-8-15(16)26-23(28)25/h5-10,13H,11-12H2,1-4H3. The molecule has 0 aliphatic carbocycles. The molecule has 0 atom stereocenters. The Bertz CT molecular complexity index is 1640. The summed E-state index contributed by atoms with van der Waals surface area (Å²) >= 11 is 11.3. The number of benzene rings is 1. The Labute approximate surface area is 213 Å². The summed E-state index contributed by atoms with van der Waals surface area (Å²) in [6, 6.07) is 10.1. The molecule has 1 aromatic carbocycles. The van der Waals surface area contributed by atoms with E-state index in [4.69, 9.17) is 11.6 Å². The van der Waals surface area contributed by atoms with E-state index in [1.807, 2.05) is 41.1 Å². The van der Waals surface area contributed by atoms with Crippen LogP contribution in [-0.4, -0.2) is 18.7 Å². The van der Waals surface area contributed by atoms with Gasteiger partial charge in [0.05, 0.1) is 27.2 Å². The topological polar surface area (TPSA) is 61.8 Å². The summed E-state index contributed by atoms with van der Waals surface area (Å²) in [7, 11) is 1.56. The minimum Gasteiger partial charge on any atom is -0.309 e. The molecule has 0 bridgehead atoms. The summed E-state index contributed by atoms with van der Waals surface area (Å²) in [6.07, 6.45) is 0. The Hall–Kier alpha value is -2.33. The summed E-state index contributed by atoms with van der Waals surface area (Å²) in [6.45, 7) is 7.18. The molecule has 0 N–H and O–H groups in total. The maximum Gasteiger partial charge on any atom is 0.331 e. The summed E-state index contributed by atoms with van der Waals surface area (Å²) in [5.41, 5.74) is 2.35. The summed E-state index contributed by atoms with van der Waals surface area (Å²) in [5, 5.41) is 3.02. The third-order valence-electron chi connectivity index (χ3n) is 5.60. The van der Waals surface area contributed by atoms with Gasteiger partial charge in [-0.3, -0.25) is 13.9 Å². The molecule has 0 aliphatic heterocycles. The fourth-order valence-corrected chi connectivity index (χ4v) is 7.61. The van der Waals surface area contributed by atoms with Crippen LogP contribution in [0.25, 0.3) is 21.3 Å². The number of fused-ring (bicyclic) bond motifs is 2. The monoisotopic (exact) mass is 530 g/mol. The van der Waals surface area contributed by atoms with Crippen molar-refractivity contribution in [1.82, 2.24) is 18.7 Å². The van der Waals surface area contributed by atoms with Gasteiger partial charge >= 0.3 is 5.69 Å². The Kier molecular flexibility index (Phi) is 6.22. The largest absolute Gasteiger partial charge is 0.331 e. The Balaban J connectivity index is 1.78. The molecule has 176 valence electrons. The van der Waals surface area contributed by atoms with E-state index in [2.05, 4.69) is 24.9 Å².